The van der Waals surface area contributed by atoms with Crippen molar-refractivity contribution < 1.29 is 14.7 Å². The second-order valence-corrected chi connectivity index (χ2v) is 8.76. The van der Waals surface area contributed by atoms with E-state index in [0.717, 1.165) is 41.6 Å². The van der Waals surface area contributed by atoms with Crippen molar-refractivity contribution in [1.82, 2.24) is 4.90 Å². The Morgan fingerprint density at radius 3 is 2.72 bits per heavy atom. The zero-order valence-corrected chi connectivity index (χ0v) is 16.7. The Balaban J connectivity index is 1.49. The number of aromatic carboxylic acids is 1. The van der Waals surface area contributed by atoms with Crippen molar-refractivity contribution in [1.29, 1.82) is 0 Å². The van der Waals surface area contributed by atoms with E-state index in [2.05, 4.69) is 18.8 Å². The molecule has 5 rings (SSSR count). The van der Waals surface area contributed by atoms with Crippen LogP contribution in [0.5, 0.6) is 0 Å². The van der Waals surface area contributed by atoms with Crippen molar-refractivity contribution in [3.63, 3.8) is 0 Å². The normalized spacial score (nSPS) is 26.8. The monoisotopic (exact) mass is 388 g/mol. The summed E-state index contributed by atoms with van der Waals surface area (Å²) in [6.45, 7) is 5.12. The Kier molecular flexibility index (Phi) is 3.92. The Bertz CT molecular complexity index is 1070. The maximum Gasteiger partial charge on any atom is 0.335 e. The van der Waals surface area contributed by atoms with Crippen molar-refractivity contribution in [2.45, 2.75) is 44.6 Å². The van der Waals surface area contributed by atoms with E-state index < -0.39 is 5.97 Å². The van der Waals surface area contributed by atoms with E-state index in [1.165, 1.54) is 5.56 Å². The highest BCUT2D eigenvalue weighted by atomic mass is 16.4. The van der Waals surface area contributed by atoms with Gasteiger partial charge >= 0.3 is 5.97 Å². The summed E-state index contributed by atoms with van der Waals surface area (Å²) in [6.07, 6.45) is 4.27. The summed E-state index contributed by atoms with van der Waals surface area (Å²) in [5.41, 5.74) is 5.34. The van der Waals surface area contributed by atoms with Crippen LogP contribution in [0.1, 0.15) is 57.7 Å². The molecular weight excluding hydrogens is 364 g/mol. The Morgan fingerprint density at radius 2 is 1.93 bits per heavy atom. The van der Waals surface area contributed by atoms with Crippen LogP contribution < -0.4 is 0 Å². The number of carbonyl (C=O) groups is 2. The number of rotatable bonds is 2. The van der Waals surface area contributed by atoms with Gasteiger partial charge in [-0.15, -0.1) is 0 Å². The molecule has 2 bridgehead atoms. The maximum atomic E-state index is 13.4. The lowest BCUT2D eigenvalue weighted by Gasteiger charge is -2.54. The van der Waals surface area contributed by atoms with Crippen LogP contribution in [0.2, 0.25) is 0 Å². The lowest BCUT2D eigenvalue weighted by atomic mass is 9.58. The molecule has 1 amide bonds. The molecule has 0 saturated carbocycles. The summed E-state index contributed by atoms with van der Waals surface area (Å²) in [4.78, 5) is 31.3. The highest BCUT2D eigenvalue weighted by Gasteiger charge is 2.49. The Hall–Kier alpha value is -2.95. The lowest BCUT2D eigenvalue weighted by molar-refractivity contribution is 0.0250. The predicted octanol–water partition coefficient (Wildman–Crippen LogP) is 4.01. The second-order valence-electron chi connectivity index (χ2n) is 8.76. The van der Waals surface area contributed by atoms with Crippen LogP contribution >= 0.6 is 0 Å². The molecule has 0 radical (unpaired) electrons. The number of amides is 1. The molecule has 3 atom stereocenters. The molecule has 0 spiro atoms. The smallest absolute Gasteiger partial charge is 0.335 e. The quantitative estimate of drug-likeness (QED) is 0.845. The fourth-order valence-electron chi connectivity index (χ4n) is 5.42. The van der Waals surface area contributed by atoms with Gasteiger partial charge in [-0.2, -0.15) is 0 Å². The first-order valence-corrected chi connectivity index (χ1v) is 10.2. The van der Waals surface area contributed by atoms with Gasteiger partial charge < -0.3 is 10.0 Å². The molecule has 1 saturated heterocycles. The van der Waals surface area contributed by atoms with Gasteiger partial charge in [0, 0.05) is 30.8 Å². The van der Waals surface area contributed by atoms with E-state index in [9.17, 15) is 14.7 Å². The summed E-state index contributed by atoms with van der Waals surface area (Å²) < 4.78 is 0. The third kappa shape index (κ3) is 2.64. The molecule has 2 aromatic rings. The number of likely N-dealkylation sites (tertiary alicyclic amines) is 1. The van der Waals surface area contributed by atoms with E-state index >= 15 is 0 Å². The molecule has 0 aromatic heterocycles. The number of hydrogen-bond acceptors (Lipinski definition) is 3. The number of benzene rings is 2. The van der Waals surface area contributed by atoms with Crippen LogP contribution in [-0.4, -0.2) is 40.7 Å². The minimum Gasteiger partial charge on any atom is -0.478 e. The van der Waals surface area contributed by atoms with Gasteiger partial charge in [0.1, 0.15) is 0 Å². The third-order valence-electron chi connectivity index (χ3n) is 7.38. The van der Waals surface area contributed by atoms with Gasteiger partial charge in [0.25, 0.3) is 5.91 Å². The van der Waals surface area contributed by atoms with Crippen LogP contribution in [0, 0.1) is 5.92 Å². The van der Waals surface area contributed by atoms with Gasteiger partial charge in [-0.1, -0.05) is 19.9 Å². The van der Waals surface area contributed by atoms with Gasteiger partial charge in [0.2, 0.25) is 0 Å². The van der Waals surface area contributed by atoms with Crippen LogP contribution in [0.25, 0.3) is 0 Å². The fourth-order valence-corrected chi connectivity index (χ4v) is 5.42. The number of carboxylic acid groups (broad SMARTS) is 1. The van der Waals surface area contributed by atoms with Gasteiger partial charge in [0.15, 0.2) is 0 Å². The van der Waals surface area contributed by atoms with Crippen molar-refractivity contribution in [2.75, 3.05) is 6.54 Å². The summed E-state index contributed by atoms with van der Waals surface area (Å²) in [6, 6.07) is 11.4. The van der Waals surface area contributed by atoms with Crippen LogP contribution in [0.3, 0.4) is 0 Å². The van der Waals surface area contributed by atoms with E-state index in [0.29, 0.717) is 12.1 Å². The standard InChI is InChI=1S/C24H24N2O3/c1-14-21-13-15-3-4-18(23(28)29)12-19(15)24(14,2)8-10-26(21)22(27)17-5-6-20-16(11-17)7-9-25-20/h3-6,9,11-12,14,21H,7-8,10,13H2,1-2H3,(H,28,29)/t14-,21-,24-/m1/s1. The number of carbonyl (C=O) groups excluding carboxylic acids is 1. The van der Waals surface area contributed by atoms with E-state index in [1.54, 1.807) is 6.07 Å². The molecule has 29 heavy (non-hydrogen) atoms. The average molecular weight is 388 g/mol. The molecule has 1 fully saturated rings. The summed E-state index contributed by atoms with van der Waals surface area (Å²) >= 11 is 0. The van der Waals surface area contributed by atoms with Crippen LogP contribution in [0.15, 0.2) is 41.4 Å². The van der Waals surface area contributed by atoms with Crippen molar-refractivity contribution in [3.05, 3.63) is 64.2 Å². The minimum atomic E-state index is -0.889. The molecule has 2 aromatic carbocycles. The molecular formula is C24H24N2O3. The van der Waals surface area contributed by atoms with Crippen LogP contribution in [0.4, 0.5) is 5.69 Å². The summed E-state index contributed by atoms with van der Waals surface area (Å²) in [5, 5.41) is 9.41. The summed E-state index contributed by atoms with van der Waals surface area (Å²) in [5.74, 6) is -0.543. The number of hydrogen-bond donors (Lipinski definition) is 1. The van der Waals surface area contributed by atoms with Gasteiger partial charge in [0.05, 0.1) is 11.3 Å². The molecule has 148 valence electrons. The fraction of sp³-hybridized carbons (Fsp3) is 0.375. The molecule has 3 aliphatic rings. The molecule has 0 unspecified atom stereocenters. The van der Waals surface area contributed by atoms with E-state index in [-0.39, 0.29) is 23.3 Å². The number of piperidine rings is 1. The number of fused-ring (bicyclic) bond motifs is 5. The number of carboxylic acids is 1. The zero-order valence-electron chi connectivity index (χ0n) is 16.7. The SMILES string of the molecule is C[C@@H]1[C@H]2Cc3ccc(C(=O)O)cc3[C@]1(C)CCN2C(=O)c1ccc2c(c1)CC=N2. The Labute approximate surface area is 170 Å². The number of nitrogens with zero attached hydrogens (tertiary/aromatic N) is 2. The first-order chi connectivity index (χ1) is 13.9. The van der Waals surface area contributed by atoms with Crippen LogP contribution in [-0.2, 0) is 18.3 Å². The first kappa shape index (κ1) is 18.1. The lowest BCUT2D eigenvalue weighted by Crippen LogP contribution is -2.59. The van der Waals surface area contributed by atoms with Gasteiger partial charge in [-0.3, -0.25) is 9.79 Å². The highest BCUT2D eigenvalue weighted by molar-refractivity contribution is 5.96. The highest BCUT2D eigenvalue weighted by Crippen LogP contribution is 2.49. The Morgan fingerprint density at radius 1 is 1.14 bits per heavy atom. The predicted molar refractivity (Wildman–Crippen MR) is 111 cm³/mol. The van der Waals surface area contributed by atoms with Crippen molar-refractivity contribution in [3.8, 4) is 0 Å². The average Bonchev–Trinajstić information content (AvgIpc) is 3.18. The topological polar surface area (TPSA) is 70.0 Å². The van der Waals surface area contributed by atoms with Crippen molar-refractivity contribution >= 4 is 23.8 Å². The number of aliphatic imine (C=N–C) groups is 1. The minimum absolute atomic E-state index is 0.0872. The van der Waals surface area contributed by atoms with E-state index in [1.807, 2.05) is 41.4 Å². The molecule has 1 N–H and O–H groups in total. The molecule has 2 aliphatic heterocycles. The molecule has 1 aliphatic carbocycles. The zero-order chi connectivity index (χ0) is 20.3. The maximum absolute atomic E-state index is 13.4. The summed E-state index contributed by atoms with van der Waals surface area (Å²) in [7, 11) is 0. The first-order valence-electron chi connectivity index (χ1n) is 10.2. The molecule has 2 heterocycles. The van der Waals surface area contributed by atoms with Gasteiger partial charge in [-0.05, 0) is 71.2 Å². The largest absolute Gasteiger partial charge is 0.478 e. The van der Waals surface area contributed by atoms with E-state index in [4.69, 9.17) is 0 Å². The third-order valence-corrected chi connectivity index (χ3v) is 7.38. The van der Waals surface area contributed by atoms with Gasteiger partial charge in [-0.25, -0.2) is 4.79 Å². The second kappa shape index (κ2) is 6.28. The van der Waals surface area contributed by atoms with Crippen molar-refractivity contribution in [2.24, 2.45) is 10.9 Å². The molecule has 5 heteroatoms. The molecule has 5 nitrogen and oxygen atoms in total.